The number of benzene rings is 1. The maximum absolute atomic E-state index is 13.0. The minimum absolute atomic E-state index is 0.223. The molecule has 0 radical (unpaired) electrons. The highest BCUT2D eigenvalue weighted by molar-refractivity contribution is 5.75. The molecule has 1 aromatic carbocycles. The molecule has 0 fully saturated rings. The van der Waals surface area contributed by atoms with Crippen molar-refractivity contribution in [3.05, 3.63) is 41.6 Å². The fourth-order valence-electron chi connectivity index (χ4n) is 1.92. The summed E-state index contributed by atoms with van der Waals surface area (Å²) in [4.78, 5) is 4.58. The van der Waals surface area contributed by atoms with E-state index in [-0.39, 0.29) is 16.8 Å². The van der Waals surface area contributed by atoms with Crippen molar-refractivity contribution in [3.8, 4) is 0 Å². The van der Waals surface area contributed by atoms with E-state index in [1.165, 1.54) is 26.1 Å². The maximum Gasteiger partial charge on any atom is 0.450 e. The van der Waals surface area contributed by atoms with E-state index < -0.39 is 12.0 Å². The lowest BCUT2D eigenvalue weighted by Gasteiger charge is -2.27. The van der Waals surface area contributed by atoms with Gasteiger partial charge in [0, 0.05) is 12.7 Å². The molecule has 1 aliphatic rings. The van der Waals surface area contributed by atoms with Crippen molar-refractivity contribution in [3.63, 3.8) is 0 Å². The number of rotatable bonds is 1. The highest BCUT2D eigenvalue weighted by Gasteiger charge is 2.63. The first-order valence-electron chi connectivity index (χ1n) is 5.26. The second-order valence-corrected chi connectivity index (χ2v) is 4.06. The van der Waals surface area contributed by atoms with Crippen molar-refractivity contribution < 1.29 is 23.1 Å². The van der Waals surface area contributed by atoms with Crippen LogP contribution >= 0.6 is 0 Å². The topological polar surface area (TPSA) is 32.7 Å². The molecule has 1 aromatic rings. The number of aliphatic hydroxyl groups is 1. The van der Waals surface area contributed by atoms with Gasteiger partial charge in [0.2, 0.25) is 0 Å². The molecule has 0 spiro atoms. The van der Waals surface area contributed by atoms with E-state index in [1.54, 1.807) is 18.2 Å². The Bertz CT molecular complexity index is 484. The Morgan fingerprint density at radius 3 is 2.28 bits per heavy atom. The van der Waals surface area contributed by atoms with E-state index in [4.69, 9.17) is 0 Å². The largest absolute Gasteiger partial charge is 0.450 e. The molecular weight excluding hydrogens is 247 g/mol. The average molecular weight is 259 g/mol. The van der Waals surface area contributed by atoms with Gasteiger partial charge in [0.25, 0.3) is 0 Å². The molecule has 0 saturated heterocycles. The Labute approximate surface area is 102 Å². The summed E-state index contributed by atoms with van der Waals surface area (Å²) in [6, 6.07) is 7.89. The van der Waals surface area contributed by atoms with E-state index in [0.717, 1.165) is 5.06 Å². The van der Waals surface area contributed by atoms with Crippen molar-refractivity contribution in [1.29, 1.82) is 0 Å². The smallest absolute Gasteiger partial charge is 0.353 e. The van der Waals surface area contributed by atoms with Gasteiger partial charge < -0.3 is 5.11 Å². The summed E-state index contributed by atoms with van der Waals surface area (Å²) in [6.07, 6.45) is -4.91. The molecule has 1 heterocycles. The first-order valence-corrected chi connectivity index (χ1v) is 5.26. The predicted molar refractivity (Wildman–Crippen MR) is 58.9 cm³/mol. The van der Waals surface area contributed by atoms with Gasteiger partial charge in [-0.3, -0.25) is 5.06 Å². The monoisotopic (exact) mass is 259 g/mol. The maximum atomic E-state index is 13.0. The lowest BCUT2D eigenvalue weighted by atomic mass is 9.96. The zero-order valence-electron chi connectivity index (χ0n) is 9.82. The zero-order chi connectivity index (χ0) is 13.6. The second kappa shape index (κ2) is 4.00. The number of alkyl halides is 3. The minimum atomic E-state index is -4.91. The quantitative estimate of drug-likeness (QED) is 0.841. The van der Waals surface area contributed by atoms with Crippen LogP contribution in [0.2, 0.25) is 0 Å². The van der Waals surface area contributed by atoms with Crippen LogP contribution in [0.25, 0.3) is 5.57 Å². The molecule has 98 valence electrons. The van der Waals surface area contributed by atoms with Gasteiger partial charge in [-0.1, -0.05) is 30.3 Å². The highest BCUT2D eigenvalue weighted by Crippen LogP contribution is 2.48. The lowest BCUT2D eigenvalue weighted by molar-refractivity contribution is -0.377. The Balaban J connectivity index is 2.60. The second-order valence-electron chi connectivity index (χ2n) is 4.06. The summed E-state index contributed by atoms with van der Waals surface area (Å²) in [5.74, 6) is -3.30. The van der Waals surface area contributed by atoms with Crippen LogP contribution in [0.4, 0.5) is 13.2 Å². The van der Waals surface area contributed by atoms with Gasteiger partial charge in [-0.15, -0.1) is 0 Å². The molecule has 18 heavy (non-hydrogen) atoms. The van der Waals surface area contributed by atoms with Crippen molar-refractivity contribution in [2.24, 2.45) is 0 Å². The summed E-state index contributed by atoms with van der Waals surface area (Å²) in [5, 5.41) is 10.8. The Hall–Kier alpha value is -1.53. The minimum Gasteiger partial charge on any atom is -0.353 e. The fourth-order valence-corrected chi connectivity index (χ4v) is 1.92. The molecule has 6 heteroatoms. The number of hydrogen-bond donors (Lipinski definition) is 1. The predicted octanol–water partition coefficient (Wildman–Crippen LogP) is 2.55. The van der Waals surface area contributed by atoms with Crippen LogP contribution in [0.3, 0.4) is 0 Å². The third-order valence-electron chi connectivity index (χ3n) is 2.89. The van der Waals surface area contributed by atoms with Crippen LogP contribution in [0.15, 0.2) is 36.0 Å². The van der Waals surface area contributed by atoms with Crippen LogP contribution in [0, 0.1) is 0 Å². The summed E-state index contributed by atoms with van der Waals surface area (Å²) in [7, 11) is 1.32. The molecule has 2 rings (SSSR count). The van der Waals surface area contributed by atoms with Gasteiger partial charge in [-0.2, -0.15) is 13.2 Å². The van der Waals surface area contributed by atoms with Gasteiger partial charge in [0.05, 0.1) is 5.57 Å². The average Bonchev–Trinajstić information content (AvgIpc) is 2.51. The normalized spacial score (nSPS) is 24.9. The van der Waals surface area contributed by atoms with E-state index in [9.17, 15) is 18.3 Å². The van der Waals surface area contributed by atoms with Gasteiger partial charge in [-0.05, 0) is 12.5 Å². The van der Waals surface area contributed by atoms with Crippen molar-refractivity contribution in [2.75, 3.05) is 7.05 Å². The van der Waals surface area contributed by atoms with Gasteiger partial charge in [-0.25, -0.2) is 4.84 Å². The number of allylic oxidation sites excluding steroid dienone is 1. The molecule has 0 aromatic heterocycles. The van der Waals surface area contributed by atoms with E-state index >= 15 is 0 Å². The molecule has 1 atom stereocenters. The molecule has 1 N–H and O–H groups in total. The summed E-state index contributed by atoms with van der Waals surface area (Å²) in [6.45, 7) is 1.46. The van der Waals surface area contributed by atoms with Crippen LogP contribution < -0.4 is 0 Å². The van der Waals surface area contributed by atoms with Crippen molar-refractivity contribution in [1.82, 2.24) is 5.06 Å². The Kier molecular flexibility index (Phi) is 2.87. The molecular formula is C12H12F3NO2. The molecule has 0 saturated carbocycles. The highest BCUT2D eigenvalue weighted by atomic mass is 19.4. The van der Waals surface area contributed by atoms with Gasteiger partial charge in [0.15, 0.2) is 0 Å². The third kappa shape index (κ3) is 1.77. The molecule has 1 aliphatic heterocycles. The first kappa shape index (κ1) is 12.9. The van der Waals surface area contributed by atoms with E-state index in [1.807, 2.05) is 0 Å². The third-order valence-corrected chi connectivity index (χ3v) is 2.89. The van der Waals surface area contributed by atoms with E-state index in [2.05, 4.69) is 4.84 Å². The number of halogens is 3. The SMILES string of the molecule is CC1=C(c2ccccc2)C(O)(C(F)(F)F)ON1C. The van der Waals surface area contributed by atoms with Gasteiger partial charge in [0.1, 0.15) is 0 Å². The Morgan fingerprint density at radius 1 is 1.22 bits per heavy atom. The van der Waals surface area contributed by atoms with Gasteiger partial charge >= 0.3 is 12.0 Å². The fraction of sp³-hybridized carbons (Fsp3) is 0.333. The molecule has 0 amide bonds. The lowest BCUT2D eigenvalue weighted by Crippen LogP contribution is -2.47. The van der Waals surface area contributed by atoms with Crippen LogP contribution in [0.5, 0.6) is 0 Å². The zero-order valence-corrected chi connectivity index (χ0v) is 9.82. The summed E-state index contributed by atoms with van der Waals surface area (Å²) in [5.41, 5.74) is 0.221. The standard InChI is InChI=1S/C12H12F3NO2/c1-8-10(9-6-4-3-5-7-9)11(17,12(13,14)15)18-16(8)2/h3-7,17H,1-2H3. The van der Waals surface area contributed by atoms with Crippen LogP contribution in [-0.2, 0) is 4.84 Å². The Morgan fingerprint density at radius 2 is 1.78 bits per heavy atom. The molecule has 1 unspecified atom stereocenters. The summed E-state index contributed by atoms with van der Waals surface area (Å²) >= 11 is 0. The summed E-state index contributed by atoms with van der Waals surface area (Å²) < 4.78 is 39.0. The number of hydrogen-bond acceptors (Lipinski definition) is 3. The number of hydroxylamine groups is 2. The number of nitrogens with zero attached hydrogens (tertiary/aromatic N) is 1. The molecule has 0 bridgehead atoms. The molecule has 3 nitrogen and oxygen atoms in total. The van der Waals surface area contributed by atoms with Crippen LogP contribution in [0.1, 0.15) is 12.5 Å². The van der Waals surface area contributed by atoms with Crippen molar-refractivity contribution >= 4 is 5.57 Å². The van der Waals surface area contributed by atoms with E-state index in [0.29, 0.717) is 0 Å². The van der Waals surface area contributed by atoms with Crippen LogP contribution in [-0.4, -0.2) is 29.2 Å². The molecule has 0 aliphatic carbocycles. The van der Waals surface area contributed by atoms with Crippen molar-refractivity contribution in [2.45, 2.75) is 18.9 Å². The first-order chi connectivity index (χ1) is 8.27.